The molecule has 0 spiro atoms. The molecule has 1 aromatic heterocycles. The van der Waals surface area contributed by atoms with Gasteiger partial charge in [-0.2, -0.15) is 4.73 Å². The van der Waals surface area contributed by atoms with E-state index in [1.54, 1.807) is 24.0 Å². The van der Waals surface area contributed by atoms with E-state index in [2.05, 4.69) is 39.0 Å². The monoisotopic (exact) mass is 287 g/mol. The van der Waals surface area contributed by atoms with E-state index in [0.717, 1.165) is 22.6 Å². The van der Waals surface area contributed by atoms with Crippen LogP contribution in [0.1, 0.15) is 41.7 Å². The van der Waals surface area contributed by atoms with E-state index in [0.29, 0.717) is 5.25 Å². The van der Waals surface area contributed by atoms with Crippen LogP contribution in [0.15, 0.2) is 47.6 Å². The maximum Gasteiger partial charge on any atom is 0.251 e. The maximum absolute atomic E-state index is 11.8. The number of aromatic nitrogens is 1. The lowest BCUT2D eigenvalue weighted by Crippen LogP contribution is -2.28. The number of benzene rings is 1. The summed E-state index contributed by atoms with van der Waals surface area (Å²) in [4.78, 5) is 0. The molecule has 2 nitrogen and oxygen atoms in total. The van der Waals surface area contributed by atoms with Gasteiger partial charge < -0.3 is 5.21 Å². The molecule has 3 heteroatoms. The van der Waals surface area contributed by atoms with E-state index in [1.165, 1.54) is 16.7 Å². The molecular weight excluding hydrogens is 266 g/mol. The SMILES string of the molecule is CCCC(Sc1cccc[n+]1[O-])c1cc(C)ccc1C. The van der Waals surface area contributed by atoms with E-state index in [1.807, 2.05) is 12.1 Å². The summed E-state index contributed by atoms with van der Waals surface area (Å²) < 4.78 is 0.957. The van der Waals surface area contributed by atoms with Crippen LogP contribution in [-0.4, -0.2) is 0 Å². The zero-order valence-corrected chi connectivity index (χ0v) is 13.1. The molecule has 0 aliphatic rings. The average molecular weight is 287 g/mol. The topological polar surface area (TPSA) is 26.9 Å². The van der Waals surface area contributed by atoms with Crippen molar-refractivity contribution < 1.29 is 4.73 Å². The van der Waals surface area contributed by atoms with Gasteiger partial charge >= 0.3 is 0 Å². The van der Waals surface area contributed by atoms with Crippen LogP contribution < -0.4 is 4.73 Å². The third kappa shape index (κ3) is 3.54. The molecule has 0 aliphatic heterocycles. The number of hydrogen-bond donors (Lipinski definition) is 0. The summed E-state index contributed by atoms with van der Waals surface area (Å²) in [6.07, 6.45) is 3.75. The first-order valence-corrected chi connectivity index (χ1v) is 7.91. The van der Waals surface area contributed by atoms with Crippen molar-refractivity contribution in [1.82, 2.24) is 0 Å². The predicted octanol–water partition coefficient (Wildman–Crippen LogP) is 4.57. The molecule has 0 aliphatic carbocycles. The summed E-state index contributed by atoms with van der Waals surface area (Å²) >= 11 is 1.67. The quantitative estimate of drug-likeness (QED) is 0.457. The van der Waals surface area contributed by atoms with Crippen LogP contribution in [-0.2, 0) is 0 Å². The van der Waals surface area contributed by atoms with Crippen molar-refractivity contribution in [2.75, 3.05) is 0 Å². The van der Waals surface area contributed by atoms with Gasteiger partial charge in [-0.3, -0.25) is 0 Å². The van der Waals surface area contributed by atoms with Crippen molar-refractivity contribution >= 4 is 11.8 Å². The van der Waals surface area contributed by atoms with Crippen LogP contribution in [0.5, 0.6) is 0 Å². The van der Waals surface area contributed by atoms with Gasteiger partial charge in [-0.15, -0.1) is 0 Å². The molecule has 106 valence electrons. The zero-order chi connectivity index (χ0) is 14.5. The first-order valence-electron chi connectivity index (χ1n) is 7.03. The van der Waals surface area contributed by atoms with Gasteiger partial charge in [-0.25, -0.2) is 0 Å². The van der Waals surface area contributed by atoms with Crippen molar-refractivity contribution in [2.24, 2.45) is 0 Å². The summed E-state index contributed by atoms with van der Waals surface area (Å²) in [5.41, 5.74) is 3.92. The van der Waals surface area contributed by atoms with E-state index in [4.69, 9.17) is 0 Å². The zero-order valence-electron chi connectivity index (χ0n) is 12.3. The molecule has 2 rings (SSSR count). The van der Waals surface area contributed by atoms with Crippen molar-refractivity contribution in [2.45, 2.75) is 43.9 Å². The van der Waals surface area contributed by atoms with E-state index in [9.17, 15) is 5.21 Å². The molecule has 2 aromatic rings. The fraction of sp³-hybridized carbons (Fsp3) is 0.353. The van der Waals surface area contributed by atoms with Gasteiger partial charge in [-0.05, 0) is 49.2 Å². The number of aryl methyl sites for hydroxylation is 2. The Bertz CT molecular complexity index is 583. The Balaban J connectivity index is 2.32. The van der Waals surface area contributed by atoms with Gasteiger partial charge in [0.15, 0.2) is 6.20 Å². The highest BCUT2D eigenvalue weighted by Gasteiger charge is 2.18. The van der Waals surface area contributed by atoms with Gasteiger partial charge in [0.2, 0.25) is 0 Å². The molecule has 1 aromatic carbocycles. The van der Waals surface area contributed by atoms with Crippen LogP contribution in [0.3, 0.4) is 0 Å². The van der Waals surface area contributed by atoms with Gasteiger partial charge in [0.05, 0.1) is 0 Å². The highest BCUT2D eigenvalue weighted by Crippen LogP contribution is 2.38. The van der Waals surface area contributed by atoms with Gasteiger partial charge in [-0.1, -0.05) is 37.1 Å². The third-order valence-corrected chi connectivity index (χ3v) is 4.72. The predicted molar refractivity (Wildman–Crippen MR) is 84.8 cm³/mol. The Kier molecular flexibility index (Phi) is 5.07. The second kappa shape index (κ2) is 6.80. The van der Waals surface area contributed by atoms with Crippen LogP contribution in [0, 0.1) is 19.1 Å². The lowest BCUT2D eigenvalue weighted by atomic mass is 10.0. The normalized spacial score (nSPS) is 12.3. The van der Waals surface area contributed by atoms with Crippen molar-refractivity contribution in [3.05, 3.63) is 64.5 Å². The van der Waals surface area contributed by atoms with Crippen molar-refractivity contribution in [1.29, 1.82) is 0 Å². The largest absolute Gasteiger partial charge is 0.618 e. The molecule has 0 radical (unpaired) electrons. The Morgan fingerprint density at radius 3 is 2.70 bits per heavy atom. The maximum atomic E-state index is 11.8. The highest BCUT2D eigenvalue weighted by atomic mass is 32.2. The third-order valence-electron chi connectivity index (χ3n) is 3.38. The minimum absolute atomic E-state index is 0.336. The Morgan fingerprint density at radius 1 is 1.20 bits per heavy atom. The average Bonchev–Trinajstić information content (AvgIpc) is 2.43. The summed E-state index contributed by atoms with van der Waals surface area (Å²) in [5.74, 6) is 0. The van der Waals surface area contributed by atoms with Crippen molar-refractivity contribution in [3.63, 3.8) is 0 Å². The standard InChI is InChI=1S/C17H21NOS/c1-4-7-16(15-12-13(2)9-10-14(15)3)20-17-8-5-6-11-18(17)19/h5-6,8-12,16H,4,7H2,1-3H3. The fourth-order valence-electron chi connectivity index (χ4n) is 2.30. The molecule has 1 unspecified atom stereocenters. The lowest BCUT2D eigenvalue weighted by molar-refractivity contribution is -0.645. The van der Waals surface area contributed by atoms with Crippen LogP contribution >= 0.6 is 11.8 Å². The number of pyridine rings is 1. The summed E-state index contributed by atoms with van der Waals surface area (Å²) in [6.45, 7) is 6.45. The van der Waals surface area contributed by atoms with Crippen LogP contribution in [0.25, 0.3) is 0 Å². The molecule has 0 fully saturated rings. The molecular formula is C17H21NOS. The molecule has 1 heterocycles. The number of thioether (sulfide) groups is 1. The van der Waals surface area contributed by atoms with E-state index in [-0.39, 0.29) is 0 Å². The molecule has 0 N–H and O–H groups in total. The minimum atomic E-state index is 0.336. The lowest BCUT2D eigenvalue weighted by Gasteiger charge is -2.18. The molecule has 0 saturated carbocycles. The minimum Gasteiger partial charge on any atom is -0.618 e. The first-order chi connectivity index (χ1) is 9.61. The van der Waals surface area contributed by atoms with E-state index < -0.39 is 0 Å². The van der Waals surface area contributed by atoms with E-state index >= 15 is 0 Å². The molecule has 0 bridgehead atoms. The summed E-state index contributed by atoms with van der Waals surface area (Å²) in [7, 11) is 0. The van der Waals surface area contributed by atoms with Crippen molar-refractivity contribution in [3.8, 4) is 0 Å². The molecule has 20 heavy (non-hydrogen) atoms. The Labute approximate surface area is 125 Å². The Morgan fingerprint density at radius 2 is 2.00 bits per heavy atom. The smallest absolute Gasteiger partial charge is 0.251 e. The molecule has 1 atom stereocenters. The van der Waals surface area contributed by atoms with Gasteiger partial charge in [0.25, 0.3) is 5.03 Å². The summed E-state index contributed by atoms with van der Waals surface area (Å²) in [6, 6.07) is 12.1. The Hall–Kier alpha value is -1.48. The summed E-state index contributed by atoms with van der Waals surface area (Å²) in [5, 5.41) is 12.9. The number of hydrogen-bond acceptors (Lipinski definition) is 2. The fourth-order valence-corrected chi connectivity index (χ4v) is 3.64. The van der Waals surface area contributed by atoms with Crippen LogP contribution in [0.4, 0.5) is 0 Å². The highest BCUT2D eigenvalue weighted by molar-refractivity contribution is 7.99. The number of rotatable bonds is 5. The van der Waals surface area contributed by atoms with Crippen LogP contribution in [0.2, 0.25) is 0 Å². The second-order valence-electron chi connectivity index (χ2n) is 5.12. The second-order valence-corrected chi connectivity index (χ2v) is 6.34. The molecule has 0 saturated heterocycles. The van der Waals surface area contributed by atoms with Gasteiger partial charge in [0.1, 0.15) is 0 Å². The first kappa shape index (κ1) is 14.9. The molecule has 0 amide bonds. The number of nitrogens with zero attached hydrogens (tertiary/aromatic N) is 1. The van der Waals surface area contributed by atoms with Gasteiger partial charge in [0, 0.05) is 17.4 Å².